The summed E-state index contributed by atoms with van der Waals surface area (Å²) in [5.74, 6) is 0.815. The SMILES string of the molecule is CCN(CC1CCCNC1)C(=O)c1ccc2c(c1)CCC2. The highest BCUT2D eigenvalue weighted by atomic mass is 16.2. The summed E-state index contributed by atoms with van der Waals surface area (Å²) in [6, 6.07) is 6.31. The minimum Gasteiger partial charge on any atom is -0.339 e. The van der Waals surface area contributed by atoms with E-state index in [-0.39, 0.29) is 5.91 Å². The molecule has 3 nitrogen and oxygen atoms in total. The van der Waals surface area contributed by atoms with Gasteiger partial charge < -0.3 is 10.2 Å². The average Bonchev–Trinajstić information content (AvgIpc) is 3.00. The summed E-state index contributed by atoms with van der Waals surface area (Å²) >= 11 is 0. The molecule has 3 rings (SSSR count). The lowest BCUT2D eigenvalue weighted by atomic mass is 9.98. The largest absolute Gasteiger partial charge is 0.339 e. The van der Waals surface area contributed by atoms with Gasteiger partial charge in [0, 0.05) is 18.7 Å². The van der Waals surface area contributed by atoms with E-state index < -0.39 is 0 Å². The third-order valence-corrected chi connectivity index (χ3v) is 4.89. The van der Waals surface area contributed by atoms with Crippen LogP contribution in [0.4, 0.5) is 0 Å². The van der Waals surface area contributed by atoms with Crippen LogP contribution >= 0.6 is 0 Å². The molecule has 0 bridgehead atoms. The van der Waals surface area contributed by atoms with Gasteiger partial charge in [-0.05, 0) is 81.3 Å². The number of piperidine rings is 1. The number of benzene rings is 1. The van der Waals surface area contributed by atoms with E-state index in [2.05, 4.69) is 24.4 Å². The van der Waals surface area contributed by atoms with Crippen molar-refractivity contribution >= 4 is 5.91 Å². The highest BCUT2D eigenvalue weighted by Gasteiger charge is 2.22. The molecular formula is C18H26N2O. The molecule has 2 aliphatic rings. The molecule has 1 aliphatic heterocycles. The van der Waals surface area contributed by atoms with Crippen molar-refractivity contribution in [2.75, 3.05) is 26.2 Å². The van der Waals surface area contributed by atoms with Crippen molar-refractivity contribution in [3.63, 3.8) is 0 Å². The Hall–Kier alpha value is -1.35. The van der Waals surface area contributed by atoms with E-state index in [1.807, 2.05) is 11.0 Å². The zero-order chi connectivity index (χ0) is 14.7. The normalized spacial score (nSPS) is 21.1. The van der Waals surface area contributed by atoms with Crippen LogP contribution in [0, 0.1) is 5.92 Å². The molecule has 21 heavy (non-hydrogen) atoms. The van der Waals surface area contributed by atoms with Gasteiger partial charge >= 0.3 is 0 Å². The van der Waals surface area contributed by atoms with Crippen LogP contribution < -0.4 is 5.32 Å². The second-order valence-corrected chi connectivity index (χ2v) is 6.39. The molecule has 1 heterocycles. The summed E-state index contributed by atoms with van der Waals surface area (Å²) in [6.07, 6.45) is 6.01. The summed E-state index contributed by atoms with van der Waals surface area (Å²) in [6.45, 7) is 5.95. The van der Waals surface area contributed by atoms with E-state index in [9.17, 15) is 4.79 Å². The summed E-state index contributed by atoms with van der Waals surface area (Å²) in [5.41, 5.74) is 3.70. The first-order chi connectivity index (χ1) is 10.3. The van der Waals surface area contributed by atoms with E-state index in [1.54, 1.807) is 0 Å². The number of aryl methyl sites for hydroxylation is 2. The molecule has 1 aromatic rings. The molecule has 1 aliphatic carbocycles. The third-order valence-electron chi connectivity index (χ3n) is 4.89. The maximum Gasteiger partial charge on any atom is 0.253 e. The van der Waals surface area contributed by atoms with E-state index in [0.29, 0.717) is 5.92 Å². The summed E-state index contributed by atoms with van der Waals surface area (Å²) < 4.78 is 0. The van der Waals surface area contributed by atoms with Gasteiger partial charge in [0.25, 0.3) is 5.91 Å². The highest BCUT2D eigenvalue weighted by Crippen LogP contribution is 2.23. The standard InChI is InChI=1S/C18H26N2O/c1-2-20(13-14-5-4-10-19-12-14)18(21)17-9-8-15-6-3-7-16(15)11-17/h8-9,11,14,19H,2-7,10,12-13H2,1H3. The number of nitrogens with one attached hydrogen (secondary N) is 1. The van der Waals surface area contributed by atoms with E-state index in [0.717, 1.165) is 38.2 Å². The Morgan fingerprint density at radius 1 is 1.29 bits per heavy atom. The topological polar surface area (TPSA) is 32.3 Å². The summed E-state index contributed by atoms with van der Waals surface area (Å²) in [7, 11) is 0. The molecule has 1 unspecified atom stereocenters. The zero-order valence-electron chi connectivity index (χ0n) is 13.0. The van der Waals surface area contributed by atoms with Gasteiger partial charge in [0.05, 0.1) is 0 Å². The van der Waals surface area contributed by atoms with Crippen LogP contribution in [0.2, 0.25) is 0 Å². The fourth-order valence-electron chi connectivity index (χ4n) is 3.63. The van der Waals surface area contributed by atoms with Crippen LogP contribution in [0.1, 0.15) is 47.7 Å². The van der Waals surface area contributed by atoms with Crippen molar-refractivity contribution in [2.24, 2.45) is 5.92 Å². The number of hydrogen-bond acceptors (Lipinski definition) is 2. The maximum absolute atomic E-state index is 12.8. The van der Waals surface area contributed by atoms with Gasteiger partial charge in [0.1, 0.15) is 0 Å². The molecule has 114 valence electrons. The fourth-order valence-corrected chi connectivity index (χ4v) is 3.63. The van der Waals surface area contributed by atoms with Gasteiger partial charge in [-0.2, -0.15) is 0 Å². The van der Waals surface area contributed by atoms with Crippen LogP contribution in [-0.4, -0.2) is 37.0 Å². The number of carbonyl (C=O) groups is 1. The highest BCUT2D eigenvalue weighted by molar-refractivity contribution is 5.94. The maximum atomic E-state index is 12.8. The van der Waals surface area contributed by atoms with Crippen molar-refractivity contribution in [1.82, 2.24) is 10.2 Å². The molecule has 0 radical (unpaired) electrons. The number of rotatable bonds is 4. The summed E-state index contributed by atoms with van der Waals surface area (Å²) in [5, 5.41) is 3.44. The Kier molecular flexibility index (Phi) is 4.59. The van der Waals surface area contributed by atoms with Crippen LogP contribution in [-0.2, 0) is 12.8 Å². The minimum absolute atomic E-state index is 0.206. The lowest BCUT2D eigenvalue weighted by Gasteiger charge is -2.29. The molecule has 0 spiro atoms. The quantitative estimate of drug-likeness (QED) is 0.923. The molecular weight excluding hydrogens is 260 g/mol. The van der Waals surface area contributed by atoms with Crippen molar-refractivity contribution in [3.05, 3.63) is 34.9 Å². The van der Waals surface area contributed by atoms with Gasteiger partial charge in [-0.1, -0.05) is 6.07 Å². The van der Waals surface area contributed by atoms with Crippen molar-refractivity contribution < 1.29 is 4.79 Å². The molecule has 1 amide bonds. The molecule has 1 fully saturated rings. The Labute approximate surface area is 127 Å². The van der Waals surface area contributed by atoms with Gasteiger partial charge in [0.15, 0.2) is 0 Å². The monoisotopic (exact) mass is 286 g/mol. The van der Waals surface area contributed by atoms with E-state index >= 15 is 0 Å². The van der Waals surface area contributed by atoms with E-state index in [4.69, 9.17) is 0 Å². The Bertz CT molecular complexity index is 506. The molecule has 0 saturated carbocycles. The average molecular weight is 286 g/mol. The smallest absolute Gasteiger partial charge is 0.253 e. The fraction of sp³-hybridized carbons (Fsp3) is 0.611. The minimum atomic E-state index is 0.206. The van der Waals surface area contributed by atoms with Crippen LogP contribution in [0.25, 0.3) is 0 Å². The predicted molar refractivity (Wildman–Crippen MR) is 85.6 cm³/mol. The van der Waals surface area contributed by atoms with E-state index in [1.165, 1.54) is 36.8 Å². The number of hydrogen-bond donors (Lipinski definition) is 1. The first-order valence-electron chi connectivity index (χ1n) is 8.39. The van der Waals surface area contributed by atoms with Crippen LogP contribution in [0.3, 0.4) is 0 Å². The second-order valence-electron chi connectivity index (χ2n) is 6.39. The Balaban J connectivity index is 1.69. The lowest BCUT2D eigenvalue weighted by Crippen LogP contribution is -2.41. The van der Waals surface area contributed by atoms with Crippen molar-refractivity contribution in [3.8, 4) is 0 Å². The molecule has 1 saturated heterocycles. The molecule has 1 N–H and O–H groups in total. The van der Waals surface area contributed by atoms with Gasteiger partial charge in [-0.15, -0.1) is 0 Å². The van der Waals surface area contributed by atoms with Gasteiger partial charge in [-0.3, -0.25) is 4.79 Å². The van der Waals surface area contributed by atoms with Crippen molar-refractivity contribution in [2.45, 2.75) is 39.0 Å². The predicted octanol–water partition coefficient (Wildman–Crippen LogP) is 2.64. The molecule has 3 heteroatoms. The lowest BCUT2D eigenvalue weighted by molar-refractivity contribution is 0.0729. The van der Waals surface area contributed by atoms with Crippen molar-refractivity contribution in [1.29, 1.82) is 0 Å². The van der Waals surface area contributed by atoms with Crippen LogP contribution in [0.5, 0.6) is 0 Å². The van der Waals surface area contributed by atoms with Gasteiger partial charge in [-0.25, -0.2) is 0 Å². The Morgan fingerprint density at radius 3 is 2.90 bits per heavy atom. The number of amides is 1. The first kappa shape index (κ1) is 14.6. The van der Waals surface area contributed by atoms with Crippen LogP contribution in [0.15, 0.2) is 18.2 Å². The number of nitrogens with zero attached hydrogens (tertiary/aromatic N) is 1. The third kappa shape index (κ3) is 3.29. The van der Waals surface area contributed by atoms with Gasteiger partial charge in [0.2, 0.25) is 0 Å². The Morgan fingerprint density at radius 2 is 2.14 bits per heavy atom. The molecule has 1 aromatic carbocycles. The number of fused-ring (bicyclic) bond motifs is 1. The summed E-state index contributed by atoms with van der Waals surface area (Å²) in [4.78, 5) is 14.8. The number of carbonyl (C=O) groups excluding carboxylic acids is 1. The molecule has 0 aromatic heterocycles. The molecule has 1 atom stereocenters. The second kappa shape index (κ2) is 6.61. The first-order valence-corrected chi connectivity index (χ1v) is 8.39. The zero-order valence-corrected chi connectivity index (χ0v) is 13.0.